The lowest BCUT2D eigenvalue weighted by molar-refractivity contribution is -0.274. The van der Waals surface area contributed by atoms with E-state index in [9.17, 15) is 23.1 Å². The summed E-state index contributed by atoms with van der Waals surface area (Å²) in [5, 5.41) is 10.6. The van der Waals surface area contributed by atoms with Gasteiger partial charge in [0.05, 0.1) is 25.0 Å². The molecule has 0 fully saturated rings. The number of hydrogen-bond acceptors (Lipinski definition) is 5. The topological polar surface area (TPSA) is 78.5 Å². The summed E-state index contributed by atoms with van der Waals surface area (Å²) in [6.45, 7) is 1.73. The Hall–Kier alpha value is -4.21. The highest BCUT2D eigenvalue weighted by Gasteiger charge is 2.31. The Kier molecular flexibility index (Phi) is 6.06. The Bertz CT molecular complexity index is 1360. The van der Waals surface area contributed by atoms with E-state index in [1.54, 1.807) is 32.5 Å². The minimum atomic E-state index is -4.83. The number of imidazole rings is 1. The van der Waals surface area contributed by atoms with Crippen molar-refractivity contribution in [3.63, 3.8) is 0 Å². The van der Waals surface area contributed by atoms with Crippen molar-refractivity contribution >= 4 is 0 Å². The lowest BCUT2D eigenvalue weighted by Gasteiger charge is -2.11. The van der Waals surface area contributed by atoms with Crippen molar-refractivity contribution in [1.29, 1.82) is 0 Å². The van der Waals surface area contributed by atoms with E-state index in [2.05, 4.69) is 9.72 Å². The van der Waals surface area contributed by atoms with Gasteiger partial charge >= 0.3 is 12.1 Å². The molecule has 0 aliphatic rings. The first-order valence-corrected chi connectivity index (χ1v) is 10.1. The fraction of sp³-hybridized carbons (Fsp3) is 0.167. The van der Waals surface area contributed by atoms with Crippen molar-refractivity contribution in [2.45, 2.75) is 19.8 Å². The van der Waals surface area contributed by atoms with E-state index < -0.39 is 17.8 Å². The molecule has 0 amide bonds. The molecule has 2 heterocycles. The Morgan fingerprint density at radius 2 is 1.65 bits per heavy atom. The molecule has 0 saturated heterocycles. The van der Waals surface area contributed by atoms with Gasteiger partial charge in [0, 0.05) is 18.0 Å². The maximum Gasteiger partial charge on any atom is 0.573 e. The van der Waals surface area contributed by atoms with Gasteiger partial charge in [-0.3, -0.25) is 9.55 Å². The summed E-state index contributed by atoms with van der Waals surface area (Å²) >= 11 is 0. The van der Waals surface area contributed by atoms with Gasteiger partial charge in [-0.15, -0.1) is 13.2 Å². The van der Waals surface area contributed by atoms with Crippen molar-refractivity contribution in [3.05, 3.63) is 88.7 Å². The lowest BCUT2D eigenvalue weighted by atomic mass is 10.0. The van der Waals surface area contributed by atoms with Crippen molar-refractivity contribution in [2.75, 3.05) is 7.11 Å². The van der Waals surface area contributed by atoms with Gasteiger partial charge in [-0.1, -0.05) is 12.1 Å². The molecular formula is C24H20F3N3O4. The number of aromatic hydroxyl groups is 1. The second kappa shape index (κ2) is 8.97. The molecule has 0 aliphatic heterocycles. The predicted octanol–water partition coefficient (Wildman–Crippen LogP) is 4.67. The third-order valence-electron chi connectivity index (χ3n) is 5.33. The number of pyridine rings is 1. The fourth-order valence-corrected chi connectivity index (χ4v) is 3.62. The summed E-state index contributed by atoms with van der Waals surface area (Å²) in [7, 11) is 1.58. The molecule has 4 aromatic rings. The van der Waals surface area contributed by atoms with Crippen LogP contribution in [0.1, 0.15) is 11.3 Å². The molecule has 2 aromatic heterocycles. The number of hydrogen-bond donors (Lipinski definition) is 1. The molecule has 0 unspecified atom stereocenters. The average Bonchev–Trinajstić information content (AvgIpc) is 3.02. The fourth-order valence-electron chi connectivity index (χ4n) is 3.62. The Balaban J connectivity index is 1.69. The van der Waals surface area contributed by atoms with Crippen LogP contribution in [0.25, 0.3) is 16.8 Å². The van der Waals surface area contributed by atoms with E-state index in [1.807, 2.05) is 24.3 Å². The van der Waals surface area contributed by atoms with Gasteiger partial charge in [-0.25, -0.2) is 9.36 Å². The maximum atomic E-state index is 13.2. The highest BCUT2D eigenvalue weighted by atomic mass is 19.4. The molecule has 2 aromatic carbocycles. The first-order chi connectivity index (χ1) is 16.2. The first-order valence-electron chi connectivity index (χ1n) is 10.1. The number of aromatic nitrogens is 3. The van der Waals surface area contributed by atoms with E-state index in [0.717, 1.165) is 33.4 Å². The van der Waals surface area contributed by atoms with Crippen LogP contribution in [0, 0.1) is 6.92 Å². The zero-order valence-corrected chi connectivity index (χ0v) is 18.2. The molecule has 10 heteroatoms. The third kappa shape index (κ3) is 4.61. The standard InChI is InChI=1S/C24H20F3N3O4/c1-15-22(31)30(18-5-9-20(10-6-18)34-24(25,26)27)23(32)29(15)14-17-11-12-28-13-21(17)16-3-7-19(33-2)8-4-16/h3-13,31H,14H2,1-2H3. The molecule has 176 valence electrons. The zero-order valence-electron chi connectivity index (χ0n) is 18.2. The van der Waals surface area contributed by atoms with E-state index >= 15 is 0 Å². The van der Waals surface area contributed by atoms with Gasteiger partial charge in [0.1, 0.15) is 11.5 Å². The van der Waals surface area contributed by atoms with Crippen LogP contribution in [0.2, 0.25) is 0 Å². The minimum absolute atomic E-state index is 0.143. The number of nitrogens with zero attached hydrogens (tertiary/aromatic N) is 3. The molecule has 0 bridgehead atoms. The predicted molar refractivity (Wildman–Crippen MR) is 118 cm³/mol. The third-order valence-corrected chi connectivity index (χ3v) is 5.33. The van der Waals surface area contributed by atoms with Crippen molar-refractivity contribution < 1.29 is 27.8 Å². The van der Waals surface area contributed by atoms with E-state index in [-0.39, 0.29) is 18.1 Å². The monoisotopic (exact) mass is 471 g/mol. The molecule has 0 radical (unpaired) electrons. The van der Waals surface area contributed by atoms with Gasteiger partial charge in [-0.05, 0) is 60.5 Å². The smallest absolute Gasteiger partial charge is 0.497 e. The van der Waals surface area contributed by atoms with E-state index in [0.29, 0.717) is 11.4 Å². The molecule has 34 heavy (non-hydrogen) atoms. The van der Waals surface area contributed by atoms with E-state index in [1.165, 1.54) is 16.7 Å². The average molecular weight is 471 g/mol. The SMILES string of the molecule is COc1ccc(-c2cnccc2Cn2c(C)c(O)n(-c3ccc(OC(F)(F)F)cc3)c2=O)cc1. The Labute approximate surface area is 192 Å². The Morgan fingerprint density at radius 3 is 2.26 bits per heavy atom. The minimum Gasteiger partial charge on any atom is -0.497 e. The quantitative estimate of drug-likeness (QED) is 0.442. The molecular weight excluding hydrogens is 451 g/mol. The molecule has 0 aliphatic carbocycles. The molecule has 0 saturated carbocycles. The van der Waals surface area contributed by atoms with Crippen LogP contribution in [0.15, 0.2) is 71.8 Å². The van der Waals surface area contributed by atoms with Crippen LogP contribution < -0.4 is 15.2 Å². The molecule has 7 nitrogen and oxygen atoms in total. The number of rotatable bonds is 6. The molecule has 0 spiro atoms. The number of methoxy groups -OCH3 is 1. The second-order valence-corrected chi connectivity index (χ2v) is 7.42. The largest absolute Gasteiger partial charge is 0.573 e. The van der Waals surface area contributed by atoms with Crippen LogP contribution in [-0.2, 0) is 6.54 Å². The molecule has 1 N–H and O–H groups in total. The van der Waals surface area contributed by atoms with Gasteiger partial charge in [-0.2, -0.15) is 0 Å². The first kappa shape index (κ1) is 23.0. The highest BCUT2D eigenvalue weighted by Crippen LogP contribution is 2.28. The van der Waals surface area contributed by atoms with Crippen LogP contribution in [-0.4, -0.2) is 32.7 Å². The number of ether oxygens (including phenoxy) is 2. The number of alkyl halides is 3. The zero-order chi connectivity index (χ0) is 24.5. The van der Waals surface area contributed by atoms with Gasteiger partial charge < -0.3 is 14.6 Å². The second-order valence-electron chi connectivity index (χ2n) is 7.42. The summed E-state index contributed by atoms with van der Waals surface area (Å²) in [6, 6.07) is 13.9. The Morgan fingerprint density at radius 1 is 1.00 bits per heavy atom. The van der Waals surface area contributed by atoms with Gasteiger partial charge in [0.2, 0.25) is 5.88 Å². The van der Waals surface area contributed by atoms with Crippen molar-refractivity contribution in [1.82, 2.24) is 14.1 Å². The van der Waals surface area contributed by atoms with Crippen LogP contribution >= 0.6 is 0 Å². The summed E-state index contributed by atoms with van der Waals surface area (Å²) in [4.78, 5) is 17.4. The molecule has 4 rings (SSSR count). The maximum absolute atomic E-state index is 13.2. The van der Waals surface area contributed by atoms with Gasteiger partial charge in [0.25, 0.3) is 0 Å². The summed E-state index contributed by atoms with van der Waals surface area (Å²) in [5.41, 5.74) is 2.42. The number of benzene rings is 2. The summed E-state index contributed by atoms with van der Waals surface area (Å²) in [6.07, 6.45) is -1.53. The van der Waals surface area contributed by atoms with Crippen LogP contribution in [0.5, 0.6) is 17.4 Å². The van der Waals surface area contributed by atoms with Crippen LogP contribution in [0.3, 0.4) is 0 Å². The summed E-state index contributed by atoms with van der Waals surface area (Å²) < 4.78 is 48.7. The highest BCUT2D eigenvalue weighted by molar-refractivity contribution is 5.67. The van der Waals surface area contributed by atoms with Crippen LogP contribution in [0.4, 0.5) is 13.2 Å². The van der Waals surface area contributed by atoms with Crippen molar-refractivity contribution in [2.24, 2.45) is 0 Å². The van der Waals surface area contributed by atoms with E-state index in [4.69, 9.17) is 4.74 Å². The number of halogens is 3. The molecule has 0 atom stereocenters. The lowest BCUT2D eigenvalue weighted by Crippen LogP contribution is -2.24. The van der Waals surface area contributed by atoms with Gasteiger partial charge in [0.15, 0.2) is 0 Å². The normalized spacial score (nSPS) is 11.4. The summed E-state index contributed by atoms with van der Waals surface area (Å²) in [5.74, 6) is -0.0367. The van der Waals surface area contributed by atoms with Crippen molar-refractivity contribution in [3.8, 4) is 34.2 Å².